The Hall–Kier alpha value is -8.44. The highest BCUT2D eigenvalue weighted by Crippen LogP contribution is 2.55. The molecule has 2 aliphatic rings. The Morgan fingerprint density at radius 1 is 0.361 bits per heavy atom. The molecule has 11 aromatic rings. The maximum atomic E-state index is 12.1. The molecule has 2 aromatic heterocycles. The van der Waals surface area contributed by atoms with Crippen LogP contribution in [0, 0.1) is 22.7 Å². The first-order chi connectivity index (χ1) is 34.8. The van der Waals surface area contributed by atoms with Gasteiger partial charge in [-0.2, -0.15) is 10.5 Å². The predicted molar refractivity (Wildman–Crippen MR) is 299 cm³/mol. The third-order valence-electron chi connectivity index (χ3n) is 16.5. The van der Waals surface area contributed by atoms with Gasteiger partial charge in [-0.25, -0.2) is 0 Å². The van der Waals surface area contributed by atoms with Crippen LogP contribution in [0.4, 0.5) is 0 Å². The number of nitrogens with zero attached hydrogens (tertiary/aromatic N) is 4. The highest BCUT2D eigenvalue weighted by molar-refractivity contribution is 6.16. The van der Waals surface area contributed by atoms with Crippen LogP contribution in [0.1, 0.15) is 112 Å². The summed E-state index contributed by atoms with van der Waals surface area (Å²) >= 11 is 0. The van der Waals surface area contributed by atoms with Gasteiger partial charge in [0, 0.05) is 32.4 Å². The lowest BCUT2D eigenvalue weighted by Crippen LogP contribution is -2.17. The first kappa shape index (κ1) is 43.6. The van der Waals surface area contributed by atoms with Crippen molar-refractivity contribution in [3.8, 4) is 68.0 Å². The van der Waals surface area contributed by atoms with Crippen molar-refractivity contribution < 1.29 is 0 Å². The third-order valence-corrected chi connectivity index (χ3v) is 16.5. The fraction of sp³-hybridized carbons (Fsp3) is 0.176. The summed E-state index contributed by atoms with van der Waals surface area (Å²) in [6.07, 6.45) is 0. The summed E-state index contributed by atoms with van der Waals surface area (Å²) in [6, 6.07) is 67.8. The maximum absolute atomic E-state index is 12.1. The van der Waals surface area contributed by atoms with E-state index in [0.29, 0.717) is 11.1 Å². The Kier molecular flexibility index (Phi) is 9.40. The van der Waals surface area contributed by atoms with Gasteiger partial charge in [0.25, 0.3) is 0 Å². The Morgan fingerprint density at radius 3 is 1.10 bits per heavy atom. The number of nitriles is 2. The number of hydrogen-bond acceptors (Lipinski definition) is 2. The molecule has 4 nitrogen and oxygen atoms in total. The zero-order valence-electron chi connectivity index (χ0n) is 42.1. The van der Waals surface area contributed by atoms with Crippen molar-refractivity contribution in [3.63, 3.8) is 0 Å². The van der Waals surface area contributed by atoms with Gasteiger partial charge in [0.1, 0.15) is 12.1 Å². The van der Waals surface area contributed by atoms with E-state index in [1.165, 1.54) is 44.5 Å². The molecule has 0 N–H and O–H groups in total. The molecule has 0 aliphatic heterocycles. The van der Waals surface area contributed by atoms with Crippen molar-refractivity contribution in [2.45, 2.75) is 78.1 Å². The minimum Gasteiger partial charge on any atom is -0.306 e. The SMILES string of the molecule is CC(C)c1c(C#N)c(-n2c3ccc(-c4ccccc4)cc3c3cc4c(cc32)C(C)(C)c2ccccc2-4)c(-n2c3ccc(-c4ccccc4)cc3c3cc4c(cc32)C(C)(C)c2ccccc2-4)c(C#N)c1C(C)C. The van der Waals surface area contributed by atoms with Crippen molar-refractivity contribution in [2.24, 2.45) is 0 Å². The molecule has 9 aromatic carbocycles. The molecule has 346 valence electrons. The summed E-state index contributed by atoms with van der Waals surface area (Å²) in [6.45, 7) is 18.0. The lowest BCUT2D eigenvalue weighted by atomic mass is 9.81. The summed E-state index contributed by atoms with van der Waals surface area (Å²) in [7, 11) is 0. The summed E-state index contributed by atoms with van der Waals surface area (Å²) in [5, 5.41) is 28.5. The van der Waals surface area contributed by atoms with E-state index in [4.69, 9.17) is 0 Å². The Labute approximate surface area is 421 Å². The van der Waals surface area contributed by atoms with E-state index >= 15 is 0 Å². The van der Waals surface area contributed by atoms with Gasteiger partial charge >= 0.3 is 0 Å². The van der Waals surface area contributed by atoms with Crippen LogP contribution in [-0.2, 0) is 10.8 Å². The molecule has 0 saturated carbocycles. The fourth-order valence-electron chi connectivity index (χ4n) is 13.2. The number of benzene rings is 9. The molecule has 4 heteroatoms. The van der Waals surface area contributed by atoms with Crippen LogP contribution in [0.5, 0.6) is 0 Å². The maximum Gasteiger partial charge on any atom is 0.102 e. The molecule has 72 heavy (non-hydrogen) atoms. The lowest BCUT2D eigenvalue weighted by molar-refractivity contribution is 0.660. The van der Waals surface area contributed by atoms with E-state index in [0.717, 1.165) is 88.4 Å². The van der Waals surface area contributed by atoms with Crippen LogP contribution in [0.15, 0.2) is 170 Å². The van der Waals surface area contributed by atoms with Crippen LogP contribution in [0.25, 0.3) is 99.5 Å². The van der Waals surface area contributed by atoms with E-state index in [-0.39, 0.29) is 22.7 Å². The Morgan fingerprint density at radius 2 is 0.722 bits per heavy atom. The molecule has 0 spiro atoms. The second-order valence-corrected chi connectivity index (χ2v) is 21.8. The zero-order valence-corrected chi connectivity index (χ0v) is 42.1. The Balaban J connectivity index is 1.25. The summed E-state index contributed by atoms with van der Waals surface area (Å²) in [4.78, 5) is 0. The van der Waals surface area contributed by atoms with Gasteiger partial charge < -0.3 is 9.13 Å². The highest BCUT2D eigenvalue weighted by Gasteiger charge is 2.39. The topological polar surface area (TPSA) is 57.4 Å². The monoisotopic (exact) mass is 926 g/mol. The minimum atomic E-state index is -0.284. The van der Waals surface area contributed by atoms with Crippen molar-refractivity contribution in [1.29, 1.82) is 10.5 Å². The van der Waals surface area contributed by atoms with Crippen molar-refractivity contribution in [1.82, 2.24) is 9.13 Å². The predicted octanol–water partition coefficient (Wildman–Crippen LogP) is 17.8. The fourth-order valence-corrected chi connectivity index (χ4v) is 13.2. The van der Waals surface area contributed by atoms with E-state index in [1.54, 1.807) is 0 Å². The standard InChI is InChI=1S/C68H54N4/c1-39(2)63-53(37-69)65(71-59-29-27-43(41-19-11-9-12-20-41)31-49(59)51-33-47-45-23-15-17-25-55(45)67(5,6)57(47)35-61(51)71)66(54(38-70)64(63)40(3)4)72-60-30-28-44(42-21-13-10-14-22-42)32-50(60)52-34-48-46-24-16-18-26-56(46)68(7,8)58(48)36-62(52)72/h9-36,39-40H,1-8H3. The molecule has 0 bridgehead atoms. The average molecular weight is 927 g/mol. The lowest BCUT2D eigenvalue weighted by Gasteiger charge is -2.28. The van der Waals surface area contributed by atoms with Crippen molar-refractivity contribution in [2.75, 3.05) is 0 Å². The molecule has 13 rings (SSSR count). The molecule has 2 aliphatic carbocycles. The third kappa shape index (κ3) is 5.90. The second-order valence-electron chi connectivity index (χ2n) is 21.8. The van der Waals surface area contributed by atoms with Crippen LogP contribution >= 0.6 is 0 Å². The minimum absolute atomic E-state index is 0.0541. The molecule has 0 unspecified atom stereocenters. The normalized spacial score (nSPS) is 14.0. The summed E-state index contributed by atoms with van der Waals surface area (Å²) in [5.74, 6) is -0.108. The molecule has 0 fully saturated rings. The van der Waals surface area contributed by atoms with Crippen LogP contribution in [0.2, 0.25) is 0 Å². The average Bonchev–Trinajstić information content (AvgIpc) is 4.04. The first-order valence-corrected chi connectivity index (χ1v) is 25.4. The molecule has 0 amide bonds. The Bertz CT molecular complexity index is 3940. The molecule has 0 atom stereocenters. The quantitative estimate of drug-likeness (QED) is 0.167. The van der Waals surface area contributed by atoms with E-state index in [1.807, 2.05) is 0 Å². The number of aromatic nitrogens is 2. The molecule has 2 heterocycles. The number of fused-ring (bicyclic) bond motifs is 12. The van der Waals surface area contributed by atoms with E-state index in [2.05, 4.69) is 247 Å². The van der Waals surface area contributed by atoms with Crippen LogP contribution < -0.4 is 0 Å². The van der Waals surface area contributed by atoms with Crippen molar-refractivity contribution in [3.05, 3.63) is 214 Å². The summed E-state index contributed by atoms with van der Waals surface area (Å²) in [5.41, 5.74) is 22.5. The highest BCUT2D eigenvalue weighted by atomic mass is 15.1. The van der Waals surface area contributed by atoms with Gasteiger partial charge in [0.15, 0.2) is 0 Å². The first-order valence-electron chi connectivity index (χ1n) is 25.4. The van der Waals surface area contributed by atoms with Gasteiger partial charge in [-0.3, -0.25) is 0 Å². The molecular weight excluding hydrogens is 873 g/mol. The second kappa shape index (κ2) is 15.5. The van der Waals surface area contributed by atoms with Gasteiger partial charge in [-0.05, 0) is 138 Å². The van der Waals surface area contributed by atoms with Gasteiger partial charge in [0.2, 0.25) is 0 Å². The van der Waals surface area contributed by atoms with Crippen LogP contribution in [0.3, 0.4) is 0 Å². The summed E-state index contributed by atoms with van der Waals surface area (Å²) < 4.78 is 4.74. The van der Waals surface area contributed by atoms with E-state index in [9.17, 15) is 10.5 Å². The largest absolute Gasteiger partial charge is 0.306 e. The molecule has 0 radical (unpaired) electrons. The smallest absolute Gasteiger partial charge is 0.102 e. The van der Waals surface area contributed by atoms with Crippen LogP contribution in [-0.4, -0.2) is 9.13 Å². The number of rotatable bonds is 6. The van der Waals surface area contributed by atoms with E-state index < -0.39 is 0 Å². The van der Waals surface area contributed by atoms with Gasteiger partial charge in [-0.15, -0.1) is 0 Å². The van der Waals surface area contributed by atoms with Gasteiger partial charge in [0.05, 0.1) is 44.6 Å². The zero-order chi connectivity index (χ0) is 49.5. The molecular formula is C68H54N4. The molecule has 0 saturated heterocycles. The van der Waals surface area contributed by atoms with Gasteiger partial charge in [-0.1, -0.05) is 177 Å². The number of hydrogen-bond donors (Lipinski definition) is 0. The van der Waals surface area contributed by atoms with Crippen molar-refractivity contribution >= 4 is 43.6 Å².